The van der Waals surface area contributed by atoms with E-state index in [0.29, 0.717) is 12.2 Å². The minimum Gasteiger partial charge on any atom is -0.336 e. The Labute approximate surface area is 149 Å². The van der Waals surface area contributed by atoms with Crippen LogP contribution in [0.3, 0.4) is 0 Å². The van der Waals surface area contributed by atoms with Gasteiger partial charge in [0.2, 0.25) is 10.0 Å². The second-order valence-electron chi connectivity index (χ2n) is 6.98. The maximum atomic E-state index is 12.1. The van der Waals surface area contributed by atoms with Crippen LogP contribution in [0.4, 0.5) is 10.5 Å². The maximum Gasteiger partial charge on any atom is 0.319 e. The Hall–Kier alpha value is -1.68. The normalized spacial score (nSPS) is 17.3. The number of carbonyl (C=O) groups is 1. The fraction of sp³-hybridized carbons (Fsp3) is 0.562. The molecule has 0 unspecified atom stereocenters. The summed E-state index contributed by atoms with van der Waals surface area (Å²) < 4.78 is 22.4. The number of anilines is 1. The van der Waals surface area contributed by atoms with E-state index >= 15 is 0 Å². The lowest BCUT2D eigenvalue weighted by atomic mass is 10.0. The van der Waals surface area contributed by atoms with Gasteiger partial charge in [-0.2, -0.15) is 0 Å². The van der Waals surface area contributed by atoms with Gasteiger partial charge < -0.3 is 15.5 Å². The smallest absolute Gasteiger partial charge is 0.319 e. The predicted octanol–water partition coefficient (Wildman–Crippen LogP) is 0.482. The van der Waals surface area contributed by atoms with E-state index in [9.17, 15) is 13.2 Å². The molecule has 1 heterocycles. The quantitative estimate of drug-likeness (QED) is 0.700. The molecule has 9 heteroatoms. The Bertz CT molecular complexity index is 695. The molecule has 140 valence electrons. The van der Waals surface area contributed by atoms with Crippen molar-refractivity contribution in [1.82, 2.24) is 15.1 Å². The van der Waals surface area contributed by atoms with Crippen molar-refractivity contribution in [2.75, 3.05) is 45.1 Å². The Kier molecular flexibility index (Phi) is 6.04. The summed E-state index contributed by atoms with van der Waals surface area (Å²) in [7, 11) is -1.62. The van der Waals surface area contributed by atoms with Crippen molar-refractivity contribution < 1.29 is 13.2 Å². The number of likely N-dealkylation sites (N-methyl/N-ethyl adjacent to an activating group) is 1. The van der Waals surface area contributed by atoms with Crippen LogP contribution in [0, 0.1) is 0 Å². The van der Waals surface area contributed by atoms with Crippen molar-refractivity contribution in [3.05, 3.63) is 24.3 Å². The number of primary sulfonamides is 1. The van der Waals surface area contributed by atoms with Crippen molar-refractivity contribution in [2.45, 2.75) is 24.3 Å². The van der Waals surface area contributed by atoms with E-state index < -0.39 is 10.0 Å². The van der Waals surface area contributed by atoms with Gasteiger partial charge in [0.1, 0.15) is 0 Å². The molecular weight excluding hydrogens is 342 g/mol. The summed E-state index contributed by atoms with van der Waals surface area (Å²) in [5.41, 5.74) is 0.359. The molecule has 4 N–H and O–H groups in total. The molecule has 0 aromatic heterocycles. The number of sulfonamides is 1. The molecule has 1 saturated heterocycles. The molecule has 25 heavy (non-hydrogen) atoms. The van der Waals surface area contributed by atoms with Gasteiger partial charge >= 0.3 is 6.03 Å². The van der Waals surface area contributed by atoms with Crippen LogP contribution in [0.25, 0.3) is 0 Å². The van der Waals surface area contributed by atoms with E-state index in [1.54, 1.807) is 0 Å². The molecule has 0 atom stereocenters. The third-order valence-corrected chi connectivity index (χ3v) is 5.41. The molecule has 2 rings (SSSR count). The molecule has 1 aliphatic rings. The molecule has 2 amide bonds. The van der Waals surface area contributed by atoms with E-state index in [1.807, 2.05) is 0 Å². The molecule has 1 fully saturated rings. The van der Waals surface area contributed by atoms with E-state index in [4.69, 9.17) is 5.14 Å². The first-order valence-corrected chi connectivity index (χ1v) is 9.74. The summed E-state index contributed by atoms with van der Waals surface area (Å²) in [6.45, 7) is 8.72. The van der Waals surface area contributed by atoms with Gasteiger partial charge in [-0.15, -0.1) is 0 Å². The predicted molar refractivity (Wildman–Crippen MR) is 98.0 cm³/mol. The largest absolute Gasteiger partial charge is 0.336 e. The van der Waals surface area contributed by atoms with Crippen molar-refractivity contribution in [1.29, 1.82) is 0 Å². The number of urea groups is 1. The van der Waals surface area contributed by atoms with Crippen LogP contribution in [0.15, 0.2) is 29.2 Å². The molecule has 0 spiro atoms. The van der Waals surface area contributed by atoms with Gasteiger partial charge in [0, 0.05) is 44.0 Å². The average Bonchev–Trinajstić information content (AvgIpc) is 2.53. The summed E-state index contributed by atoms with van der Waals surface area (Å²) in [5.74, 6) is 0. The SMILES string of the molecule is CN1CCN(C(C)(C)CNC(=O)Nc2ccc(S(N)(=O)=O)cc2)CC1. The number of carbonyl (C=O) groups excluding carboxylic acids is 1. The van der Waals surface area contributed by atoms with Gasteiger partial charge in [0.05, 0.1) is 4.90 Å². The number of nitrogens with two attached hydrogens (primary N) is 1. The number of benzene rings is 1. The Morgan fingerprint density at radius 1 is 1.16 bits per heavy atom. The number of nitrogens with zero attached hydrogens (tertiary/aromatic N) is 2. The van der Waals surface area contributed by atoms with Gasteiger partial charge in [-0.1, -0.05) is 0 Å². The molecule has 0 radical (unpaired) electrons. The van der Waals surface area contributed by atoms with E-state index in [1.165, 1.54) is 24.3 Å². The number of rotatable bonds is 5. The molecule has 0 bridgehead atoms. The first-order chi connectivity index (χ1) is 11.6. The second-order valence-corrected chi connectivity index (χ2v) is 8.54. The highest BCUT2D eigenvalue weighted by molar-refractivity contribution is 7.89. The van der Waals surface area contributed by atoms with Crippen molar-refractivity contribution >= 4 is 21.7 Å². The van der Waals surface area contributed by atoms with Gasteiger partial charge in [0.15, 0.2) is 0 Å². The van der Waals surface area contributed by atoms with Gasteiger partial charge in [-0.3, -0.25) is 4.90 Å². The molecule has 1 aromatic carbocycles. The maximum absolute atomic E-state index is 12.1. The molecule has 0 aliphatic carbocycles. The van der Waals surface area contributed by atoms with Crippen LogP contribution in [-0.4, -0.2) is 69.6 Å². The fourth-order valence-electron chi connectivity index (χ4n) is 2.72. The Morgan fingerprint density at radius 2 is 1.72 bits per heavy atom. The average molecular weight is 369 g/mol. The number of amides is 2. The monoisotopic (exact) mass is 369 g/mol. The zero-order chi connectivity index (χ0) is 18.7. The Morgan fingerprint density at radius 3 is 2.24 bits per heavy atom. The zero-order valence-corrected chi connectivity index (χ0v) is 15.8. The molecule has 1 aromatic rings. The summed E-state index contributed by atoms with van der Waals surface area (Å²) in [6.07, 6.45) is 0. The van der Waals surface area contributed by atoms with Crippen LogP contribution in [0.1, 0.15) is 13.8 Å². The van der Waals surface area contributed by atoms with Crippen LogP contribution < -0.4 is 15.8 Å². The van der Waals surface area contributed by atoms with E-state index in [0.717, 1.165) is 26.2 Å². The minimum absolute atomic E-state index is 0.00894. The van der Waals surface area contributed by atoms with Crippen LogP contribution >= 0.6 is 0 Å². The van der Waals surface area contributed by atoms with Gasteiger partial charge in [0.25, 0.3) is 0 Å². The topological polar surface area (TPSA) is 108 Å². The first kappa shape index (κ1) is 19.6. The number of hydrogen-bond donors (Lipinski definition) is 3. The van der Waals surface area contributed by atoms with Crippen molar-refractivity contribution in [3.8, 4) is 0 Å². The standard InChI is InChI=1S/C16H27N5O3S/c1-16(2,21-10-8-20(3)9-11-21)12-18-15(22)19-13-4-6-14(7-5-13)25(17,23)24/h4-7H,8-12H2,1-3H3,(H2,17,23,24)(H2,18,19,22). The number of piperazine rings is 1. The van der Waals surface area contributed by atoms with Crippen molar-refractivity contribution in [2.24, 2.45) is 5.14 Å². The lowest BCUT2D eigenvalue weighted by Crippen LogP contribution is -2.58. The fourth-order valence-corrected chi connectivity index (χ4v) is 3.24. The van der Waals surface area contributed by atoms with Crippen LogP contribution in [0.2, 0.25) is 0 Å². The Balaban J connectivity index is 1.85. The van der Waals surface area contributed by atoms with Crippen LogP contribution in [0.5, 0.6) is 0 Å². The molecular formula is C16H27N5O3S. The van der Waals surface area contributed by atoms with E-state index in [-0.39, 0.29) is 16.5 Å². The number of nitrogens with one attached hydrogen (secondary N) is 2. The summed E-state index contributed by atoms with van der Waals surface area (Å²) in [5, 5.41) is 10.6. The molecule has 8 nitrogen and oxygen atoms in total. The highest BCUT2D eigenvalue weighted by Crippen LogP contribution is 2.16. The molecule has 0 saturated carbocycles. The lowest BCUT2D eigenvalue weighted by Gasteiger charge is -2.43. The van der Waals surface area contributed by atoms with E-state index in [2.05, 4.69) is 41.3 Å². The first-order valence-electron chi connectivity index (χ1n) is 8.19. The second kappa shape index (κ2) is 7.69. The van der Waals surface area contributed by atoms with Crippen LogP contribution in [-0.2, 0) is 10.0 Å². The summed E-state index contributed by atoms with van der Waals surface area (Å²) in [4.78, 5) is 16.8. The van der Waals surface area contributed by atoms with Gasteiger partial charge in [-0.05, 0) is 45.2 Å². The summed E-state index contributed by atoms with van der Waals surface area (Å²) >= 11 is 0. The zero-order valence-electron chi connectivity index (χ0n) is 14.9. The summed E-state index contributed by atoms with van der Waals surface area (Å²) in [6, 6.07) is 5.40. The van der Waals surface area contributed by atoms with Gasteiger partial charge in [-0.25, -0.2) is 18.4 Å². The highest BCUT2D eigenvalue weighted by Gasteiger charge is 2.29. The lowest BCUT2D eigenvalue weighted by molar-refractivity contribution is 0.0636. The van der Waals surface area contributed by atoms with Crippen molar-refractivity contribution in [3.63, 3.8) is 0 Å². The number of hydrogen-bond acceptors (Lipinski definition) is 5. The third-order valence-electron chi connectivity index (χ3n) is 4.48. The molecule has 1 aliphatic heterocycles. The highest BCUT2D eigenvalue weighted by atomic mass is 32.2. The minimum atomic E-state index is -3.73. The third kappa shape index (κ3) is 5.67.